The third-order valence-corrected chi connectivity index (χ3v) is 4.01. The lowest BCUT2D eigenvalue weighted by Gasteiger charge is -2.19. The summed E-state index contributed by atoms with van der Waals surface area (Å²) < 4.78 is 31.5. The number of halogens is 1. The molecule has 0 fully saturated rings. The summed E-state index contributed by atoms with van der Waals surface area (Å²) in [6.45, 7) is 6.67. The summed E-state index contributed by atoms with van der Waals surface area (Å²) in [5, 5.41) is 1.18. The molecule has 0 heterocycles. The average molecular weight is 358 g/mol. The number of carbonyl (C=O) groups is 1. The fourth-order valence-electron chi connectivity index (χ4n) is 1.64. The second-order valence-corrected chi connectivity index (χ2v) is 7.36. The first-order chi connectivity index (χ1) is 10.7. The van der Waals surface area contributed by atoms with Crippen LogP contribution in [0.1, 0.15) is 19.4 Å². The number of benzene rings is 1. The van der Waals surface area contributed by atoms with E-state index in [0.29, 0.717) is 0 Å². The third-order valence-electron chi connectivity index (χ3n) is 2.82. The lowest BCUT2D eigenvalue weighted by atomic mass is 10.1. The highest BCUT2D eigenvalue weighted by Gasteiger charge is 2.27. The molecular formula is C16H20ClNO4S. The molecule has 1 atom stereocenters. The Hall–Kier alpha value is -1.63. The predicted octanol–water partition coefficient (Wildman–Crippen LogP) is 2.90. The van der Waals surface area contributed by atoms with Gasteiger partial charge in [0, 0.05) is 10.4 Å². The van der Waals surface area contributed by atoms with Crippen molar-refractivity contribution in [2.45, 2.75) is 19.9 Å². The van der Waals surface area contributed by atoms with Gasteiger partial charge in [-0.25, -0.2) is 8.42 Å². The van der Waals surface area contributed by atoms with Crippen molar-refractivity contribution in [3.63, 3.8) is 0 Å². The first-order valence-electron chi connectivity index (χ1n) is 6.96. The Labute approximate surface area is 142 Å². The molecule has 7 heteroatoms. The molecule has 0 spiro atoms. The van der Waals surface area contributed by atoms with Crippen molar-refractivity contribution in [3.05, 3.63) is 52.9 Å². The Morgan fingerprint density at radius 3 is 2.48 bits per heavy atom. The highest BCUT2D eigenvalue weighted by atomic mass is 35.5. The molecule has 0 aliphatic carbocycles. The maximum absolute atomic E-state index is 12.1. The largest absolute Gasteiger partial charge is 0.459 e. The monoisotopic (exact) mass is 357 g/mol. The van der Waals surface area contributed by atoms with Gasteiger partial charge < -0.3 is 4.74 Å². The maximum Gasteiger partial charge on any atom is 0.324 e. The van der Waals surface area contributed by atoms with Gasteiger partial charge in [-0.1, -0.05) is 62.4 Å². The van der Waals surface area contributed by atoms with Crippen LogP contribution in [0.2, 0.25) is 0 Å². The number of rotatable bonds is 8. The van der Waals surface area contributed by atoms with Crippen LogP contribution < -0.4 is 4.72 Å². The summed E-state index contributed by atoms with van der Waals surface area (Å²) in [4.78, 5) is 12.0. The Balaban J connectivity index is 2.80. The molecule has 0 saturated carbocycles. The van der Waals surface area contributed by atoms with E-state index < -0.39 is 22.0 Å². The molecule has 0 unspecified atom stereocenters. The molecule has 1 rings (SSSR count). The minimum Gasteiger partial charge on any atom is -0.459 e. The van der Waals surface area contributed by atoms with Gasteiger partial charge in [0.1, 0.15) is 12.6 Å². The van der Waals surface area contributed by atoms with E-state index in [1.807, 2.05) is 6.07 Å². The van der Waals surface area contributed by atoms with E-state index >= 15 is 0 Å². The molecule has 0 amide bonds. The van der Waals surface area contributed by atoms with Crippen LogP contribution in [0.5, 0.6) is 0 Å². The van der Waals surface area contributed by atoms with E-state index in [-0.39, 0.29) is 17.6 Å². The SMILES string of the molecule is C=C(Cl)COC(=O)[C@@H](NS(=O)(=O)/C=C/c1ccccc1)C(C)C. The van der Waals surface area contributed by atoms with Crippen molar-refractivity contribution in [2.75, 3.05) is 6.61 Å². The zero-order valence-electron chi connectivity index (χ0n) is 13.0. The van der Waals surface area contributed by atoms with E-state index in [9.17, 15) is 13.2 Å². The van der Waals surface area contributed by atoms with Crippen LogP contribution in [-0.2, 0) is 19.6 Å². The maximum atomic E-state index is 12.1. The Morgan fingerprint density at radius 2 is 1.96 bits per heavy atom. The molecule has 1 aromatic carbocycles. The number of hydrogen-bond donors (Lipinski definition) is 1. The number of esters is 1. The smallest absolute Gasteiger partial charge is 0.324 e. The van der Waals surface area contributed by atoms with Crippen LogP contribution in [0.15, 0.2) is 47.4 Å². The zero-order valence-corrected chi connectivity index (χ0v) is 14.6. The zero-order chi connectivity index (χ0) is 17.5. The molecule has 0 radical (unpaired) electrons. The topological polar surface area (TPSA) is 72.5 Å². The first kappa shape index (κ1) is 19.4. The highest BCUT2D eigenvalue weighted by Crippen LogP contribution is 2.09. The van der Waals surface area contributed by atoms with E-state index in [1.54, 1.807) is 38.1 Å². The van der Waals surface area contributed by atoms with E-state index in [2.05, 4.69) is 11.3 Å². The second kappa shape index (κ2) is 8.86. The van der Waals surface area contributed by atoms with Crippen LogP contribution in [0.25, 0.3) is 6.08 Å². The van der Waals surface area contributed by atoms with Crippen LogP contribution in [0.3, 0.4) is 0 Å². The summed E-state index contributed by atoms with van der Waals surface area (Å²) in [5.74, 6) is -0.982. The molecular weight excluding hydrogens is 338 g/mol. The van der Waals surface area contributed by atoms with Crippen LogP contribution in [-0.4, -0.2) is 27.0 Å². The fraction of sp³-hybridized carbons (Fsp3) is 0.312. The molecule has 0 aliphatic heterocycles. The van der Waals surface area contributed by atoms with Crippen molar-refractivity contribution in [2.24, 2.45) is 5.92 Å². The highest BCUT2D eigenvalue weighted by molar-refractivity contribution is 7.92. The van der Waals surface area contributed by atoms with Crippen LogP contribution in [0, 0.1) is 5.92 Å². The summed E-state index contributed by atoms with van der Waals surface area (Å²) in [5.41, 5.74) is 0.736. The van der Waals surface area contributed by atoms with Crippen molar-refractivity contribution < 1.29 is 17.9 Å². The van der Waals surface area contributed by atoms with Crippen molar-refractivity contribution >= 4 is 33.7 Å². The van der Waals surface area contributed by atoms with Crippen molar-refractivity contribution in [1.29, 1.82) is 0 Å². The number of sulfonamides is 1. The number of hydrogen-bond acceptors (Lipinski definition) is 4. The molecule has 0 aliphatic rings. The Morgan fingerprint density at radius 1 is 1.35 bits per heavy atom. The van der Waals surface area contributed by atoms with Gasteiger partial charge in [-0.05, 0) is 17.6 Å². The second-order valence-electron chi connectivity index (χ2n) is 5.22. The summed E-state index contributed by atoms with van der Waals surface area (Å²) >= 11 is 5.54. The van der Waals surface area contributed by atoms with E-state index in [0.717, 1.165) is 11.0 Å². The molecule has 126 valence electrons. The van der Waals surface area contributed by atoms with Crippen molar-refractivity contribution in [3.8, 4) is 0 Å². The van der Waals surface area contributed by atoms with Gasteiger partial charge in [-0.15, -0.1) is 0 Å². The standard InChI is InChI=1S/C16H20ClNO4S/c1-12(2)15(16(19)22-11-13(3)17)18-23(20,21)10-9-14-7-5-4-6-8-14/h4-10,12,15,18H,3,11H2,1-2H3/b10-9+/t15-/m0/s1. The van der Waals surface area contributed by atoms with Crippen LogP contribution in [0.4, 0.5) is 0 Å². The Bertz CT molecular complexity index is 669. The summed E-state index contributed by atoms with van der Waals surface area (Å²) in [7, 11) is -3.79. The van der Waals surface area contributed by atoms with Gasteiger partial charge in [-0.2, -0.15) is 4.72 Å². The Kier molecular flexibility index (Phi) is 7.48. The lowest BCUT2D eigenvalue weighted by molar-refractivity contribution is -0.145. The minimum atomic E-state index is -3.79. The number of ether oxygens (including phenoxy) is 1. The average Bonchev–Trinajstić information content (AvgIpc) is 2.49. The molecule has 0 aromatic heterocycles. The number of carbonyl (C=O) groups excluding carboxylic acids is 1. The number of nitrogens with one attached hydrogen (secondary N) is 1. The van der Waals surface area contributed by atoms with Crippen molar-refractivity contribution in [1.82, 2.24) is 4.72 Å². The summed E-state index contributed by atoms with van der Waals surface area (Å²) in [6.07, 6.45) is 1.45. The summed E-state index contributed by atoms with van der Waals surface area (Å²) in [6, 6.07) is 7.97. The van der Waals surface area contributed by atoms with E-state index in [1.165, 1.54) is 6.08 Å². The lowest BCUT2D eigenvalue weighted by Crippen LogP contribution is -2.44. The van der Waals surface area contributed by atoms with Gasteiger partial charge in [0.05, 0.1) is 0 Å². The molecule has 1 N–H and O–H groups in total. The normalized spacial score (nSPS) is 13.2. The van der Waals surface area contributed by atoms with Gasteiger partial charge >= 0.3 is 5.97 Å². The van der Waals surface area contributed by atoms with Gasteiger partial charge in [-0.3, -0.25) is 4.79 Å². The van der Waals surface area contributed by atoms with Gasteiger partial charge in [0.15, 0.2) is 0 Å². The van der Waals surface area contributed by atoms with Gasteiger partial charge in [0.2, 0.25) is 10.0 Å². The first-order valence-corrected chi connectivity index (χ1v) is 8.89. The van der Waals surface area contributed by atoms with Gasteiger partial charge in [0.25, 0.3) is 0 Å². The quantitative estimate of drug-likeness (QED) is 0.726. The molecule has 5 nitrogen and oxygen atoms in total. The fourth-order valence-corrected chi connectivity index (χ4v) is 2.84. The minimum absolute atomic E-state index is 0.160. The predicted molar refractivity (Wildman–Crippen MR) is 92.1 cm³/mol. The van der Waals surface area contributed by atoms with E-state index in [4.69, 9.17) is 16.3 Å². The molecule has 0 bridgehead atoms. The third kappa shape index (κ3) is 7.45. The molecule has 1 aromatic rings. The molecule has 0 saturated heterocycles. The van der Waals surface area contributed by atoms with Crippen LogP contribution >= 0.6 is 11.6 Å². The molecule has 23 heavy (non-hydrogen) atoms.